The van der Waals surface area contributed by atoms with Crippen molar-refractivity contribution in [2.45, 2.75) is 11.9 Å². The second kappa shape index (κ2) is 5.61. The van der Waals surface area contributed by atoms with Gasteiger partial charge in [-0.2, -0.15) is 4.98 Å². The molecule has 16 heavy (non-hydrogen) atoms. The van der Waals surface area contributed by atoms with E-state index in [-0.39, 0.29) is 17.3 Å². The van der Waals surface area contributed by atoms with Crippen LogP contribution >= 0.6 is 11.8 Å². The fourth-order valence-electron chi connectivity index (χ4n) is 1.11. The fraction of sp³-hybridized carbons (Fsp3) is 0.500. The molecule has 0 saturated carbocycles. The predicted molar refractivity (Wildman–Crippen MR) is 60.8 cm³/mol. The van der Waals surface area contributed by atoms with Crippen LogP contribution in [0, 0.1) is 17.0 Å². The van der Waals surface area contributed by atoms with Crippen molar-refractivity contribution in [1.29, 1.82) is 0 Å². The van der Waals surface area contributed by atoms with Crippen LogP contribution in [0.25, 0.3) is 0 Å². The van der Waals surface area contributed by atoms with Gasteiger partial charge in [-0.25, -0.2) is 4.98 Å². The monoisotopic (exact) mass is 244 g/mol. The van der Waals surface area contributed by atoms with Crippen molar-refractivity contribution in [3.05, 3.63) is 15.8 Å². The van der Waals surface area contributed by atoms with Gasteiger partial charge >= 0.3 is 5.69 Å². The first-order valence-electron chi connectivity index (χ1n) is 4.54. The number of aliphatic hydroxyl groups is 1. The number of nitrogens with one attached hydrogen (secondary N) is 1. The van der Waals surface area contributed by atoms with Gasteiger partial charge in [0.2, 0.25) is 5.95 Å². The molecule has 0 aromatic carbocycles. The Kier molecular flexibility index (Phi) is 4.44. The first kappa shape index (κ1) is 12.7. The van der Waals surface area contributed by atoms with E-state index in [1.807, 2.05) is 0 Å². The average molecular weight is 244 g/mol. The quantitative estimate of drug-likeness (QED) is 0.342. The number of thioether (sulfide) groups is 1. The van der Waals surface area contributed by atoms with Crippen LogP contribution in [-0.2, 0) is 0 Å². The van der Waals surface area contributed by atoms with E-state index in [9.17, 15) is 10.1 Å². The molecule has 1 aromatic heterocycles. The number of hydrogen-bond donors (Lipinski definition) is 2. The number of aryl methyl sites for hydroxylation is 1. The van der Waals surface area contributed by atoms with Crippen LogP contribution in [0.2, 0.25) is 0 Å². The van der Waals surface area contributed by atoms with Crippen molar-refractivity contribution >= 4 is 23.4 Å². The molecule has 88 valence electrons. The number of anilines is 1. The maximum Gasteiger partial charge on any atom is 0.322 e. The van der Waals surface area contributed by atoms with Crippen molar-refractivity contribution in [3.8, 4) is 0 Å². The van der Waals surface area contributed by atoms with E-state index in [1.54, 1.807) is 14.0 Å². The van der Waals surface area contributed by atoms with Crippen LogP contribution < -0.4 is 5.32 Å². The Morgan fingerprint density at radius 1 is 1.56 bits per heavy atom. The molecule has 0 fully saturated rings. The molecule has 1 heterocycles. The number of rotatable bonds is 5. The Hall–Kier alpha value is -1.41. The van der Waals surface area contributed by atoms with Crippen LogP contribution in [-0.4, -0.2) is 39.4 Å². The van der Waals surface area contributed by atoms with Crippen molar-refractivity contribution in [3.63, 3.8) is 0 Å². The predicted octanol–water partition coefficient (Wildman–Crippen LogP) is 0.819. The number of nitro groups is 1. The summed E-state index contributed by atoms with van der Waals surface area (Å²) in [5, 5.41) is 22.5. The molecule has 8 heteroatoms. The highest BCUT2D eigenvalue weighted by molar-refractivity contribution is 7.99. The molecule has 0 amide bonds. The van der Waals surface area contributed by atoms with Gasteiger partial charge in [-0.15, -0.1) is 0 Å². The van der Waals surface area contributed by atoms with Crippen molar-refractivity contribution in [2.24, 2.45) is 0 Å². The van der Waals surface area contributed by atoms with Gasteiger partial charge in [-0.3, -0.25) is 10.1 Å². The molecule has 0 aliphatic heterocycles. The summed E-state index contributed by atoms with van der Waals surface area (Å²) in [6, 6.07) is 0. The zero-order valence-electron chi connectivity index (χ0n) is 8.93. The first-order valence-corrected chi connectivity index (χ1v) is 5.53. The average Bonchev–Trinajstić information content (AvgIpc) is 2.24. The van der Waals surface area contributed by atoms with Gasteiger partial charge < -0.3 is 10.4 Å². The van der Waals surface area contributed by atoms with Gasteiger partial charge in [-0.1, -0.05) is 11.8 Å². The fourth-order valence-corrected chi connectivity index (χ4v) is 1.90. The molecule has 2 N–H and O–H groups in total. The molecule has 7 nitrogen and oxygen atoms in total. The molecule has 0 aliphatic carbocycles. The molecule has 1 rings (SSSR count). The molecule has 0 aliphatic rings. The summed E-state index contributed by atoms with van der Waals surface area (Å²) in [4.78, 5) is 18.3. The molecule has 0 radical (unpaired) electrons. The molecule has 0 unspecified atom stereocenters. The normalized spacial score (nSPS) is 10.2. The van der Waals surface area contributed by atoms with Crippen LogP contribution in [0.3, 0.4) is 0 Å². The summed E-state index contributed by atoms with van der Waals surface area (Å²) in [6.45, 7) is 1.50. The number of hydrogen-bond acceptors (Lipinski definition) is 7. The summed E-state index contributed by atoms with van der Waals surface area (Å²) < 4.78 is 0. The topological polar surface area (TPSA) is 101 Å². The third-order valence-corrected chi connectivity index (χ3v) is 2.71. The Morgan fingerprint density at radius 3 is 2.75 bits per heavy atom. The minimum absolute atomic E-state index is 0.0558. The lowest BCUT2D eigenvalue weighted by Crippen LogP contribution is -2.05. The molecule has 0 atom stereocenters. The minimum Gasteiger partial charge on any atom is -0.396 e. The molecular formula is C8H12N4O3S. The smallest absolute Gasteiger partial charge is 0.322 e. The van der Waals surface area contributed by atoms with E-state index in [0.717, 1.165) is 11.8 Å². The lowest BCUT2D eigenvalue weighted by atomic mass is 10.4. The molecule has 0 saturated heterocycles. The van der Waals surface area contributed by atoms with Crippen LogP contribution in [0.15, 0.2) is 5.03 Å². The largest absolute Gasteiger partial charge is 0.396 e. The second-order valence-electron chi connectivity index (χ2n) is 2.87. The molecule has 0 bridgehead atoms. The second-order valence-corrected chi connectivity index (χ2v) is 3.95. The lowest BCUT2D eigenvalue weighted by molar-refractivity contribution is -0.389. The van der Waals surface area contributed by atoms with E-state index in [0.29, 0.717) is 17.4 Å². The zero-order chi connectivity index (χ0) is 12.1. The number of aliphatic hydroxyl groups excluding tert-OH is 1. The van der Waals surface area contributed by atoms with Crippen molar-refractivity contribution < 1.29 is 10.0 Å². The van der Waals surface area contributed by atoms with Crippen molar-refractivity contribution in [1.82, 2.24) is 9.97 Å². The highest BCUT2D eigenvalue weighted by Gasteiger charge is 2.21. The number of nitrogens with zero attached hydrogens (tertiary/aromatic N) is 3. The van der Waals surface area contributed by atoms with E-state index >= 15 is 0 Å². The van der Waals surface area contributed by atoms with Gasteiger partial charge in [0.1, 0.15) is 5.69 Å². The summed E-state index contributed by atoms with van der Waals surface area (Å²) in [5.74, 6) is 0.698. The van der Waals surface area contributed by atoms with E-state index < -0.39 is 4.92 Å². The van der Waals surface area contributed by atoms with E-state index in [1.165, 1.54) is 0 Å². The summed E-state index contributed by atoms with van der Waals surface area (Å²) in [7, 11) is 1.64. The molecular weight excluding hydrogens is 232 g/mol. The zero-order valence-corrected chi connectivity index (χ0v) is 9.74. The van der Waals surface area contributed by atoms with Gasteiger partial charge in [0.15, 0.2) is 5.03 Å². The van der Waals surface area contributed by atoms with Gasteiger partial charge in [0.05, 0.1) is 11.5 Å². The molecule has 0 spiro atoms. The van der Waals surface area contributed by atoms with Gasteiger partial charge in [-0.05, 0) is 6.92 Å². The first-order chi connectivity index (χ1) is 7.60. The number of aromatic nitrogens is 2. The summed E-state index contributed by atoms with van der Waals surface area (Å²) >= 11 is 1.14. The Bertz CT molecular complexity index is 399. The van der Waals surface area contributed by atoms with E-state index in [2.05, 4.69) is 15.3 Å². The third-order valence-electron chi connectivity index (χ3n) is 1.76. The standard InChI is InChI=1S/C8H12N4O3S/c1-5-6(12(14)15)7(16-4-3-13)11-8(9-2)10-5/h13H,3-4H2,1-2H3,(H,9,10,11). The highest BCUT2D eigenvalue weighted by Crippen LogP contribution is 2.30. The SMILES string of the molecule is CNc1nc(C)c([N+](=O)[O-])c(SCCO)n1. The third kappa shape index (κ3) is 2.80. The Labute approximate surface area is 96.5 Å². The summed E-state index contributed by atoms with van der Waals surface area (Å²) in [6.07, 6.45) is 0. The minimum atomic E-state index is -0.505. The Morgan fingerprint density at radius 2 is 2.25 bits per heavy atom. The van der Waals surface area contributed by atoms with Crippen molar-refractivity contribution in [2.75, 3.05) is 24.7 Å². The Balaban J connectivity index is 3.17. The van der Waals surface area contributed by atoms with Crippen LogP contribution in [0.1, 0.15) is 5.69 Å². The maximum atomic E-state index is 10.8. The van der Waals surface area contributed by atoms with Gasteiger partial charge in [0, 0.05) is 12.8 Å². The highest BCUT2D eigenvalue weighted by atomic mass is 32.2. The van der Waals surface area contributed by atoms with Crippen LogP contribution in [0.4, 0.5) is 11.6 Å². The maximum absolute atomic E-state index is 10.8. The summed E-state index contributed by atoms with van der Waals surface area (Å²) in [5.41, 5.74) is 0.210. The molecule has 1 aromatic rings. The van der Waals surface area contributed by atoms with Crippen LogP contribution in [0.5, 0.6) is 0 Å². The van der Waals surface area contributed by atoms with E-state index in [4.69, 9.17) is 5.11 Å². The van der Waals surface area contributed by atoms with Gasteiger partial charge in [0.25, 0.3) is 0 Å². The lowest BCUT2D eigenvalue weighted by Gasteiger charge is -2.05.